The van der Waals surface area contributed by atoms with E-state index < -0.39 is 16.8 Å². The Morgan fingerprint density at radius 2 is 2.15 bits per heavy atom. The number of benzene rings is 1. The van der Waals surface area contributed by atoms with E-state index in [1.807, 2.05) is 31.2 Å². The van der Waals surface area contributed by atoms with Crippen LogP contribution in [0.4, 0.5) is 5.69 Å². The van der Waals surface area contributed by atoms with Gasteiger partial charge in [-0.15, -0.1) is 11.8 Å². The summed E-state index contributed by atoms with van der Waals surface area (Å²) in [4.78, 5) is 25.9. The number of carboxylic acids is 1. The highest BCUT2D eigenvalue weighted by molar-refractivity contribution is 8.01. The van der Waals surface area contributed by atoms with Gasteiger partial charge in [-0.3, -0.25) is 9.69 Å². The molecule has 1 fully saturated rings. The molecule has 1 amide bonds. The summed E-state index contributed by atoms with van der Waals surface area (Å²) in [5.41, 5.74) is 1.71. The first-order chi connectivity index (χ1) is 9.53. The second-order valence-corrected chi connectivity index (χ2v) is 7.14. The fraction of sp³-hybridized carbons (Fsp3) is 0.467. The van der Waals surface area contributed by atoms with Gasteiger partial charge in [0, 0.05) is 12.1 Å². The molecule has 3 rings (SSSR count). The Morgan fingerprint density at radius 3 is 2.80 bits per heavy atom. The van der Waals surface area contributed by atoms with Gasteiger partial charge in [0.05, 0.1) is 4.75 Å². The third-order valence-corrected chi connectivity index (χ3v) is 5.66. The summed E-state index contributed by atoms with van der Waals surface area (Å²) in [6, 6.07) is 6.73. The number of fused-ring (bicyclic) bond motifs is 1. The highest BCUT2D eigenvalue weighted by atomic mass is 32.2. The van der Waals surface area contributed by atoms with Crippen LogP contribution in [0.1, 0.15) is 25.3 Å². The molecule has 0 aromatic heterocycles. The van der Waals surface area contributed by atoms with E-state index in [0.717, 1.165) is 29.8 Å². The lowest BCUT2D eigenvalue weighted by molar-refractivity contribution is -0.140. The number of anilines is 1. The van der Waals surface area contributed by atoms with E-state index in [-0.39, 0.29) is 5.91 Å². The summed E-state index contributed by atoms with van der Waals surface area (Å²) in [5, 5.41) is 9.43. The number of hydrogen-bond donors (Lipinski definition) is 1. The van der Waals surface area contributed by atoms with Crippen LogP contribution < -0.4 is 4.90 Å². The van der Waals surface area contributed by atoms with E-state index >= 15 is 0 Å². The van der Waals surface area contributed by atoms with E-state index in [1.165, 1.54) is 4.90 Å². The van der Waals surface area contributed by atoms with Crippen LogP contribution in [0.15, 0.2) is 24.3 Å². The first-order valence-corrected chi connectivity index (χ1v) is 7.80. The van der Waals surface area contributed by atoms with E-state index in [9.17, 15) is 14.7 Å². The highest BCUT2D eigenvalue weighted by Gasteiger charge is 2.47. The standard InChI is InChI=1S/C15H17NO3S/c1-15(7-4-8-20-15)14(19)16-11-6-3-2-5-10(11)9-12(16)13(17)18/h2-3,5-6,12H,4,7-9H2,1H3,(H,17,18). The molecule has 2 atom stereocenters. The number of thioether (sulfide) groups is 1. The van der Waals surface area contributed by atoms with Crippen molar-refractivity contribution in [2.24, 2.45) is 0 Å². The van der Waals surface area contributed by atoms with Crippen LogP contribution in [0.2, 0.25) is 0 Å². The van der Waals surface area contributed by atoms with Gasteiger partial charge in [-0.25, -0.2) is 4.79 Å². The molecule has 1 N–H and O–H groups in total. The van der Waals surface area contributed by atoms with Crippen molar-refractivity contribution in [1.29, 1.82) is 0 Å². The number of amides is 1. The van der Waals surface area contributed by atoms with Gasteiger partial charge in [-0.05, 0) is 37.1 Å². The van der Waals surface area contributed by atoms with Crippen LogP contribution in [0.25, 0.3) is 0 Å². The third-order valence-electron chi connectivity index (χ3n) is 4.15. The summed E-state index contributed by atoms with van der Waals surface area (Å²) in [5.74, 6) is -0.0198. The molecule has 2 aliphatic rings. The van der Waals surface area contributed by atoms with Gasteiger partial charge in [0.1, 0.15) is 6.04 Å². The van der Waals surface area contributed by atoms with Crippen molar-refractivity contribution in [3.05, 3.63) is 29.8 Å². The minimum Gasteiger partial charge on any atom is -0.480 e. The fourth-order valence-electron chi connectivity index (χ4n) is 3.04. The molecular formula is C15H17NO3S. The van der Waals surface area contributed by atoms with Crippen LogP contribution >= 0.6 is 11.8 Å². The zero-order valence-electron chi connectivity index (χ0n) is 11.3. The molecule has 2 aliphatic heterocycles. The van der Waals surface area contributed by atoms with Gasteiger partial charge in [-0.2, -0.15) is 0 Å². The van der Waals surface area contributed by atoms with Crippen molar-refractivity contribution < 1.29 is 14.7 Å². The molecule has 106 valence electrons. The van der Waals surface area contributed by atoms with Crippen LogP contribution in [0.3, 0.4) is 0 Å². The minimum atomic E-state index is -0.929. The first kappa shape index (κ1) is 13.5. The first-order valence-electron chi connectivity index (χ1n) is 6.81. The second-order valence-electron chi connectivity index (χ2n) is 5.54. The lowest BCUT2D eigenvalue weighted by Crippen LogP contribution is -2.50. The van der Waals surface area contributed by atoms with Crippen LogP contribution in [-0.2, 0) is 16.0 Å². The number of carbonyl (C=O) groups excluding carboxylic acids is 1. The maximum absolute atomic E-state index is 12.9. The SMILES string of the molecule is CC1(C(=O)N2c3ccccc3CC2C(=O)O)CCCS1. The van der Waals surface area contributed by atoms with E-state index in [1.54, 1.807) is 11.8 Å². The summed E-state index contributed by atoms with van der Waals surface area (Å²) in [7, 11) is 0. The molecule has 5 heteroatoms. The van der Waals surface area contributed by atoms with E-state index in [4.69, 9.17) is 0 Å². The smallest absolute Gasteiger partial charge is 0.327 e. The number of carbonyl (C=O) groups is 2. The minimum absolute atomic E-state index is 0.0580. The highest BCUT2D eigenvalue weighted by Crippen LogP contribution is 2.43. The summed E-state index contributed by atoms with van der Waals surface area (Å²) in [6.45, 7) is 1.94. The van der Waals surface area contributed by atoms with Crippen molar-refractivity contribution >= 4 is 29.3 Å². The normalized spacial score (nSPS) is 28.4. The van der Waals surface area contributed by atoms with Gasteiger partial charge < -0.3 is 5.11 Å². The largest absolute Gasteiger partial charge is 0.480 e. The number of nitrogens with zero attached hydrogens (tertiary/aromatic N) is 1. The third kappa shape index (κ3) is 2.00. The maximum Gasteiger partial charge on any atom is 0.327 e. The van der Waals surface area contributed by atoms with Gasteiger partial charge in [0.2, 0.25) is 5.91 Å². The maximum atomic E-state index is 12.9. The van der Waals surface area contributed by atoms with Gasteiger partial charge in [0.15, 0.2) is 0 Å². The Kier molecular flexibility index (Phi) is 3.24. The Morgan fingerprint density at radius 1 is 1.40 bits per heavy atom. The van der Waals surface area contributed by atoms with Crippen LogP contribution in [0, 0.1) is 0 Å². The molecule has 1 saturated heterocycles. The van der Waals surface area contributed by atoms with Crippen molar-refractivity contribution in [2.75, 3.05) is 10.7 Å². The average Bonchev–Trinajstić information content (AvgIpc) is 3.02. The van der Waals surface area contributed by atoms with Gasteiger partial charge in [0.25, 0.3) is 0 Å². The number of para-hydroxylation sites is 1. The Hall–Kier alpha value is -1.49. The lowest BCUT2D eigenvalue weighted by Gasteiger charge is -2.31. The van der Waals surface area contributed by atoms with Crippen molar-refractivity contribution in [3.8, 4) is 0 Å². The summed E-state index contributed by atoms with van der Waals surface area (Å²) < 4.78 is -0.481. The Labute approximate surface area is 122 Å². The van der Waals surface area contributed by atoms with E-state index in [2.05, 4.69) is 0 Å². The predicted molar refractivity (Wildman–Crippen MR) is 79.2 cm³/mol. The van der Waals surface area contributed by atoms with Crippen LogP contribution in [-0.4, -0.2) is 33.5 Å². The lowest BCUT2D eigenvalue weighted by atomic mass is 10.0. The van der Waals surface area contributed by atoms with Crippen molar-refractivity contribution in [2.45, 2.75) is 37.0 Å². The molecule has 20 heavy (non-hydrogen) atoms. The summed E-state index contributed by atoms with van der Waals surface area (Å²) in [6.07, 6.45) is 2.24. The molecule has 2 heterocycles. The zero-order valence-corrected chi connectivity index (χ0v) is 12.2. The van der Waals surface area contributed by atoms with Crippen molar-refractivity contribution in [1.82, 2.24) is 0 Å². The quantitative estimate of drug-likeness (QED) is 0.908. The van der Waals surface area contributed by atoms with E-state index in [0.29, 0.717) is 6.42 Å². The predicted octanol–water partition coefficient (Wildman–Crippen LogP) is 2.31. The molecule has 0 radical (unpaired) electrons. The summed E-state index contributed by atoms with van der Waals surface area (Å²) >= 11 is 1.64. The number of carboxylic acid groups (broad SMARTS) is 1. The van der Waals surface area contributed by atoms with Crippen LogP contribution in [0.5, 0.6) is 0 Å². The Bertz CT molecular complexity index is 566. The molecule has 0 spiro atoms. The van der Waals surface area contributed by atoms with Gasteiger partial charge in [-0.1, -0.05) is 18.2 Å². The number of hydrogen-bond acceptors (Lipinski definition) is 3. The molecule has 1 aromatic carbocycles. The topological polar surface area (TPSA) is 57.6 Å². The molecule has 4 nitrogen and oxygen atoms in total. The molecule has 0 saturated carbocycles. The monoisotopic (exact) mass is 291 g/mol. The molecule has 1 aromatic rings. The van der Waals surface area contributed by atoms with Crippen molar-refractivity contribution in [3.63, 3.8) is 0 Å². The Balaban J connectivity index is 2.00. The average molecular weight is 291 g/mol. The van der Waals surface area contributed by atoms with Gasteiger partial charge >= 0.3 is 5.97 Å². The molecule has 0 bridgehead atoms. The number of aliphatic carboxylic acids is 1. The molecule has 0 aliphatic carbocycles. The second kappa shape index (κ2) is 4.81. The molecular weight excluding hydrogens is 274 g/mol. The zero-order chi connectivity index (χ0) is 14.3. The fourth-order valence-corrected chi connectivity index (χ4v) is 4.29. The molecule has 2 unspecified atom stereocenters. The number of rotatable bonds is 2.